The third-order valence-electron chi connectivity index (χ3n) is 7.20. The van der Waals surface area contributed by atoms with Crippen LogP contribution < -0.4 is 0 Å². The van der Waals surface area contributed by atoms with Gasteiger partial charge in [-0.2, -0.15) is 5.26 Å². The number of nitrogens with zero attached hydrogens (tertiary/aromatic N) is 9. The largest absolute Gasteiger partial charge is 2.00 e. The molecule has 0 heterocycles. The number of hydrogen-bond acceptors (Lipinski definition) is 5. The van der Waals surface area contributed by atoms with Gasteiger partial charge in [-0.1, -0.05) is 125 Å². The van der Waals surface area contributed by atoms with E-state index in [1.165, 1.54) is 16.7 Å². The van der Waals surface area contributed by atoms with Crippen LogP contribution in [0, 0.1) is 59.8 Å². The van der Waals surface area contributed by atoms with E-state index in [0.717, 1.165) is 50.6 Å². The normalized spacial score (nSPS) is 11.4. The average molecular weight is 711 g/mol. The molecule has 0 aliphatic rings. The zero-order valence-corrected chi connectivity index (χ0v) is 32.6. The average Bonchev–Trinajstić information content (AvgIpc) is 3.08. The first-order chi connectivity index (χ1) is 23.6. The van der Waals surface area contributed by atoms with Crippen LogP contribution in [0.4, 0.5) is 22.7 Å². The molecule has 0 atom stereocenters. The molecule has 0 aromatic heterocycles. The van der Waals surface area contributed by atoms with Crippen molar-refractivity contribution >= 4 is 34.4 Å². The molecule has 0 aliphatic heterocycles. The van der Waals surface area contributed by atoms with Crippen molar-refractivity contribution in [1.82, 2.24) is 0 Å². The molecule has 5 rings (SSSR count). The molecule has 0 amide bonds. The van der Waals surface area contributed by atoms with Crippen molar-refractivity contribution in [1.29, 1.82) is 5.26 Å². The fourth-order valence-corrected chi connectivity index (χ4v) is 4.96. The second-order valence-corrected chi connectivity index (χ2v) is 11.6. The van der Waals surface area contributed by atoms with E-state index >= 15 is 0 Å². The van der Waals surface area contributed by atoms with Crippen LogP contribution >= 0.6 is 0 Å². The van der Waals surface area contributed by atoms with E-state index in [9.17, 15) is 5.26 Å². The van der Waals surface area contributed by atoms with E-state index in [4.69, 9.17) is 0 Å². The Hall–Kier alpha value is -5.65. The fourth-order valence-electron chi connectivity index (χ4n) is 4.96. The molecule has 10 heteroatoms. The maximum absolute atomic E-state index is 9.25. The van der Waals surface area contributed by atoms with Crippen molar-refractivity contribution in [2.75, 3.05) is 0 Å². The predicted molar refractivity (Wildman–Crippen MR) is 200 cm³/mol. The molecule has 246 valence electrons. The Bertz CT molecular complexity index is 1980. The standard InChI is InChI=1S/C20H22N5.C20H17N4.Zn/c1-12-7-14(3)19(15(4)8-12)24-22-18(11-21)23-25-20-16(5)9-13(2)10-17(20)6;1-16-12-14-17(15-13-16)20(23-21-18-8-4-2-5-9-18)24-22-19-10-6-3-7-11-19;/h7-10H,1-6H3;2-15H,1H3;/q2*-1;+2/b22-18-,25-23?;23-20-,24-22?;. The van der Waals surface area contributed by atoms with Gasteiger partial charge in [0.1, 0.15) is 6.07 Å². The van der Waals surface area contributed by atoms with Crippen LogP contribution in [0.15, 0.2) is 140 Å². The van der Waals surface area contributed by atoms with Crippen molar-refractivity contribution in [3.8, 4) is 6.07 Å². The van der Waals surface area contributed by atoms with Crippen LogP contribution in [0.2, 0.25) is 0 Å². The van der Waals surface area contributed by atoms with E-state index in [2.05, 4.69) is 41.5 Å². The van der Waals surface area contributed by atoms with Crippen LogP contribution in [-0.2, 0) is 19.5 Å². The molecule has 0 bridgehead atoms. The van der Waals surface area contributed by atoms with Gasteiger partial charge in [-0.25, -0.2) is 0 Å². The summed E-state index contributed by atoms with van der Waals surface area (Å²) >= 11 is 0. The zero-order valence-electron chi connectivity index (χ0n) is 29.6. The van der Waals surface area contributed by atoms with E-state index < -0.39 is 0 Å². The van der Waals surface area contributed by atoms with E-state index in [0.29, 0.717) is 5.84 Å². The number of azo groups is 2. The van der Waals surface area contributed by atoms with E-state index in [1.54, 1.807) is 0 Å². The summed E-state index contributed by atoms with van der Waals surface area (Å²) in [5, 5.41) is 34.2. The second kappa shape index (κ2) is 19.4. The van der Waals surface area contributed by atoms with Crippen molar-refractivity contribution in [3.63, 3.8) is 0 Å². The molecule has 50 heavy (non-hydrogen) atoms. The van der Waals surface area contributed by atoms with Gasteiger partial charge < -0.3 is 21.1 Å². The number of aryl methyl sites for hydroxylation is 7. The van der Waals surface area contributed by atoms with E-state index in [1.807, 2.05) is 164 Å². The number of nitriles is 1. The van der Waals surface area contributed by atoms with Gasteiger partial charge in [-0.05, 0) is 71.7 Å². The number of hydrogen-bond donors (Lipinski definition) is 0. The third kappa shape index (κ3) is 11.8. The first-order valence-corrected chi connectivity index (χ1v) is 15.8. The number of benzene rings is 5. The van der Waals surface area contributed by atoms with Crippen molar-refractivity contribution < 1.29 is 19.5 Å². The molecule has 9 nitrogen and oxygen atoms in total. The van der Waals surface area contributed by atoms with Gasteiger partial charge in [-0.3, -0.25) is 0 Å². The van der Waals surface area contributed by atoms with Gasteiger partial charge in [0.05, 0.1) is 11.4 Å². The van der Waals surface area contributed by atoms with Gasteiger partial charge in [-0.15, -0.1) is 31.8 Å². The van der Waals surface area contributed by atoms with Gasteiger partial charge >= 0.3 is 19.5 Å². The summed E-state index contributed by atoms with van der Waals surface area (Å²) in [4.78, 5) is 0. The zero-order chi connectivity index (χ0) is 35.2. The maximum Gasteiger partial charge on any atom is 2.00 e. The topological polar surface area (TPSA) is 126 Å². The molecule has 0 radical (unpaired) electrons. The molecule has 0 unspecified atom stereocenters. The SMILES string of the molecule is Cc1cc(C)c(N=N/C(C#N)=N\[N-]c2c(C)cc(C)cc2C)c(C)c1.Cc1ccc(/C(N=Nc2ccccc2)=N/[N-]c2ccccc2)cc1.[Zn+2]. The first-order valence-electron chi connectivity index (χ1n) is 15.8. The van der Waals surface area contributed by atoms with Gasteiger partial charge in [0.25, 0.3) is 0 Å². The molecule has 0 saturated heterocycles. The number of rotatable bonds is 7. The van der Waals surface area contributed by atoms with Gasteiger partial charge in [0, 0.05) is 5.56 Å². The molecule has 0 saturated carbocycles. The maximum atomic E-state index is 9.25. The summed E-state index contributed by atoms with van der Waals surface area (Å²) < 4.78 is 0. The Morgan fingerprint density at radius 1 is 0.560 bits per heavy atom. The fraction of sp³-hybridized carbons (Fsp3) is 0.175. The molecular formula is C40H39N9Zn. The third-order valence-corrected chi connectivity index (χ3v) is 7.20. The predicted octanol–water partition coefficient (Wildman–Crippen LogP) is 12.3. The molecule has 5 aromatic rings. The summed E-state index contributed by atoms with van der Waals surface area (Å²) in [6, 6.07) is 37.2. The Morgan fingerprint density at radius 2 is 1.10 bits per heavy atom. The van der Waals surface area contributed by atoms with Gasteiger partial charge in [0.15, 0.2) is 5.84 Å². The van der Waals surface area contributed by atoms with Crippen molar-refractivity contribution in [3.05, 3.63) is 165 Å². The minimum absolute atomic E-state index is 0. The summed E-state index contributed by atoms with van der Waals surface area (Å²) in [5.41, 5.74) is 20.0. The summed E-state index contributed by atoms with van der Waals surface area (Å²) in [6.45, 7) is 14.0. The smallest absolute Gasteiger partial charge is 0.574 e. The minimum atomic E-state index is -0.0706. The second-order valence-electron chi connectivity index (χ2n) is 11.6. The molecule has 0 spiro atoms. The Labute approximate surface area is 307 Å². The van der Waals surface area contributed by atoms with Crippen LogP contribution in [0.3, 0.4) is 0 Å². The van der Waals surface area contributed by atoms with E-state index in [-0.39, 0.29) is 25.3 Å². The molecule has 5 aromatic carbocycles. The van der Waals surface area contributed by atoms with Crippen LogP contribution in [-0.4, -0.2) is 11.7 Å². The molecule has 0 fully saturated rings. The van der Waals surface area contributed by atoms with Crippen LogP contribution in [0.1, 0.15) is 44.5 Å². The molecule has 0 N–H and O–H groups in total. The number of amidine groups is 2. The Kier molecular flexibility index (Phi) is 15.0. The summed E-state index contributed by atoms with van der Waals surface area (Å²) in [7, 11) is 0. The van der Waals surface area contributed by atoms with Crippen LogP contribution in [0.5, 0.6) is 0 Å². The van der Waals surface area contributed by atoms with Crippen molar-refractivity contribution in [2.45, 2.75) is 48.5 Å². The monoisotopic (exact) mass is 709 g/mol. The summed E-state index contributed by atoms with van der Waals surface area (Å²) in [5.74, 6) is 0.404. The molecule has 0 aliphatic carbocycles. The van der Waals surface area contributed by atoms with Gasteiger partial charge in [0.2, 0.25) is 5.84 Å². The Morgan fingerprint density at radius 3 is 1.66 bits per heavy atom. The minimum Gasteiger partial charge on any atom is -0.574 e. The van der Waals surface area contributed by atoms with Crippen LogP contribution in [0.25, 0.3) is 10.9 Å². The molecular weight excluding hydrogens is 672 g/mol. The first kappa shape index (κ1) is 38.8. The summed E-state index contributed by atoms with van der Waals surface area (Å²) in [6.07, 6.45) is 0. The van der Waals surface area contributed by atoms with Crippen molar-refractivity contribution in [2.24, 2.45) is 30.7 Å². The quantitative estimate of drug-likeness (QED) is 0.0538. The Balaban J connectivity index is 0.000000265.